The minimum Gasteiger partial charge on any atom is -0.385 e. The van der Waals surface area contributed by atoms with E-state index in [1.54, 1.807) is 6.92 Å². The summed E-state index contributed by atoms with van der Waals surface area (Å²) in [5, 5.41) is 9.63. The van der Waals surface area contributed by atoms with Crippen LogP contribution in [0.1, 0.15) is 41.0 Å². The van der Waals surface area contributed by atoms with E-state index in [0.29, 0.717) is 12.0 Å². The largest absolute Gasteiger partial charge is 0.385 e. The van der Waals surface area contributed by atoms with Crippen molar-refractivity contribution in [3.63, 3.8) is 0 Å². The predicted molar refractivity (Wildman–Crippen MR) is 61.5 cm³/mol. The topological polar surface area (TPSA) is 37.3 Å². The molecular weight excluding hydrogens is 188 g/mol. The summed E-state index contributed by atoms with van der Waals surface area (Å²) in [6.45, 7) is 9.99. The molecule has 1 aliphatic rings. The van der Waals surface area contributed by atoms with Crippen LogP contribution >= 0.6 is 0 Å². The molecule has 1 rings (SSSR count). The van der Waals surface area contributed by atoms with Crippen LogP contribution < -0.4 is 0 Å². The number of ketones is 1. The van der Waals surface area contributed by atoms with Crippen LogP contribution in [0, 0.1) is 5.41 Å². The highest BCUT2D eigenvalue weighted by Crippen LogP contribution is 2.39. The lowest BCUT2D eigenvalue weighted by molar-refractivity contribution is -0.125. The first-order chi connectivity index (χ1) is 6.75. The second-order valence-corrected chi connectivity index (χ2v) is 5.23. The Morgan fingerprint density at radius 2 is 2.00 bits per heavy atom. The third kappa shape index (κ3) is 2.37. The zero-order valence-electron chi connectivity index (χ0n) is 10.2. The monoisotopic (exact) mass is 208 g/mol. The summed E-state index contributed by atoms with van der Waals surface area (Å²) in [6, 6.07) is 0. The van der Waals surface area contributed by atoms with Crippen LogP contribution in [0.25, 0.3) is 0 Å². The Balaban J connectivity index is 3.28. The second kappa shape index (κ2) is 3.93. The van der Waals surface area contributed by atoms with Gasteiger partial charge in [0.1, 0.15) is 6.10 Å². The molecule has 0 spiro atoms. The molecule has 0 aromatic rings. The van der Waals surface area contributed by atoms with Crippen molar-refractivity contribution in [1.82, 2.24) is 0 Å². The number of carbonyl (C=O) groups excluding carboxylic acids is 1. The fourth-order valence-corrected chi connectivity index (χ4v) is 2.17. The molecule has 1 N–H and O–H groups in total. The van der Waals surface area contributed by atoms with E-state index in [2.05, 4.69) is 19.9 Å². The van der Waals surface area contributed by atoms with Gasteiger partial charge in [-0.2, -0.15) is 0 Å². The molecule has 2 nitrogen and oxygen atoms in total. The number of hydrogen-bond donors (Lipinski definition) is 1. The molecule has 2 heteroatoms. The summed E-state index contributed by atoms with van der Waals surface area (Å²) < 4.78 is 0. The van der Waals surface area contributed by atoms with Crippen molar-refractivity contribution in [2.75, 3.05) is 0 Å². The summed E-state index contributed by atoms with van der Waals surface area (Å²) in [5.41, 5.74) is 2.84. The summed E-state index contributed by atoms with van der Waals surface area (Å²) in [5.74, 6) is -0.123. The quantitative estimate of drug-likeness (QED) is 0.719. The van der Waals surface area contributed by atoms with Crippen LogP contribution in [-0.2, 0) is 4.79 Å². The zero-order valence-corrected chi connectivity index (χ0v) is 10.2. The maximum atomic E-state index is 11.7. The summed E-state index contributed by atoms with van der Waals surface area (Å²) >= 11 is 0. The van der Waals surface area contributed by atoms with Crippen LogP contribution in [-0.4, -0.2) is 17.0 Å². The Labute approximate surface area is 91.7 Å². The van der Waals surface area contributed by atoms with Crippen LogP contribution in [0.3, 0.4) is 0 Å². The van der Waals surface area contributed by atoms with Gasteiger partial charge in [0.15, 0.2) is 5.78 Å². The van der Waals surface area contributed by atoms with Crippen molar-refractivity contribution in [1.29, 1.82) is 0 Å². The van der Waals surface area contributed by atoms with Crippen LogP contribution in [0.15, 0.2) is 22.8 Å². The molecule has 0 aromatic carbocycles. The molecule has 84 valence electrons. The normalized spacial score (nSPS) is 25.5. The maximum absolute atomic E-state index is 11.7. The van der Waals surface area contributed by atoms with Gasteiger partial charge < -0.3 is 5.11 Å². The number of hydrogen-bond acceptors (Lipinski definition) is 2. The zero-order chi connectivity index (χ0) is 11.8. The van der Waals surface area contributed by atoms with Gasteiger partial charge in [0.25, 0.3) is 0 Å². The number of allylic oxidation sites excluding steroid dienone is 3. The van der Waals surface area contributed by atoms with Gasteiger partial charge in [-0.15, -0.1) is 0 Å². The van der Waals surface area contributed by atoms with Gasteiger partial charge in [-0.25, -0.2) is 0 Å². The summed E-state index contributed by atoms with van der Waals surface area (Å²) in [7, 11) is 0. The van der Waals surface area contributed by atoms with Gasteiger partial charge in [0, 0.05) is 0 Å². The molecule has 0 heterocycles. The van der Waals surface area contributed by atoms with Crippen LogP contribution in [0.2, 0.25) is 0 Å². The average Bonchev–Trinajstić information content (AvgIpc) is 2.08. The Hall–Kier alpha value is -0.890. The number of aliphatic hydroxyl groups excluding tert-OH is 1. The van der Waals surface area contributed by atoms with E-state index in [-0.39, 0.29) is 11.2 Å². The van der Waals surface area contributed by atoms with E-state index in [1.165, 1.54) is 5.57 Å². The number of carbonyl (C=O) groups is 1. The predicted octanol–water partition coefficient (Wildman–Crippen LogP) is 2.63. The molecule has 15 heavy (non-hydrogen) atoms. The first kappa shape index (κ1) is 12.2. The molecule has 0 fully saturated rings. The van der Waals surface area contributed by atoms with E-state index in [0.717, 1.165) is 5.57 Å². The Kier molecular flexibility index (Phi) is 3.19. The number of rotatable bonds is 1. The third-order valence-corrected chi connectivity index (χ3v) is 2.94. The molecule has 0 amide bonds. The highest BCUT2D eigenvalue weighted by molar-refractivity contribution is 6.00. The molecule has 0 aromatic heterocycles. The van der Waals surface area contributed by atoms with Crippen molar-refractivity contribution < 1.29 is 9.90 Å². The standard InChI is InChI=1S/C13H20O2/c1-8(2)6-10-9(3)12(15)11(14)7-13(10,4)5/h6,11,14H,7H2,1-5H3. The lowest BCUT2D eigenvalue weighted by Crippen LogP contribution is -2.35. The third-order valence-electron chi connectivity index (χ3n) is 2.94. The van der Waals surface area contributed by atoms with E-state index in [4.69, 9.17) is 0 Å². The van der Waals surface area contributed by atoms with Gasteiger partial charge >= 0.3 is 0 Å². The highest BCUT2D eigenvalue weighted by atomic mass is 16.3. The van der Waals surface area contributed by atoms with Crippen molar-refractivity contribution in [2.24, 2.45) is 5.41 Å². The highest BCUT2D eigenvalue weighted by Gasteiger charge is 2.36. The molecule has 0 saturated heterocycles. The molecule has 0 radical (unpaired) electrons. The lowest BCUT2D eigenvalue weighted by Gasteiger charge is -2.35. The molecule has 1 atom stereocenters. The van der Waals surface area contributed by atoms with Crippen molar-refractivity contribution in [3.05, 3.63) is 22.8 Å². The number of Topliss-reactive ketones (excluding diaryl/α,β-unsaturated/α-hetero) is 1. The van der Waals surface area contributed by atoms with E-state index < -0.39 is 6.10 Å². The van der Waals surface area contributed by atoms with E-state index >= 15 is 0 Å². The Morgan fingerprint density at radius 1 is 1.47 bits per heavy atom. The fourth-order valence-electron chi connectivity index (χ4n) is 2.17. The van der Waals surface area contributed by atoms with Crippen LogP contribution in [0.4, 0.5) is 0 Å². The van der Waals surface area contributed by atoms with Gasteiger partial charge in [-0.1, -0.05) is 25.5 Å². The Bertz CT molecular complexity index is 342. The smallest absolute Gasteiger partial charge is 0.187 e. The molecule has 1 unspecified atom stereocenters. The van der Waals surface area contributed by atoms with E-state index in [1.807, 2.05) is 13.8 Å². The van der Waals surface area contributed by atoms with E-state index in [9.17, 15) is 9.90 Å². The SMILES string of the molecule is CC(C)=CC1=C(C)C(=O)C(O)CC1(C)C. The Morgan fingerprint density at radius 3 is 2.47 bits per heavy atom. The van der Waals surface area contributed by atoms with Crippen LogP contribution in [0.5, 0.6) is 0 Å². The molecule has 0 aliphatic heterocycles. The minimum absolute atomic E-state index is 0.116. The lowest BCUT2D eigenvalue weighted by atomic mass is 9.70. The number of aliphatic hydroxyl groups is 1. The molecule has 1 aliphatic carbocycles. The maximum Gasteiger partial charge on any atom is 0.187 e. The van der Waals surface area contributed by atoms with Crippen molar-refractivity contribution in [2.45, 2.75) is 47.1 Å². The van der Waals surface area contributed by atoms with Crippen molar-refractivity contribution in [3.8, 4) is 0 Å². The van der Waals surface area contributed by atoms with Gasteiger partial charge in [0.2, 0.25) is 0 Å². The molecular formula is C13H20O2. The minimum atomic E-state index is -0.825. The van der Waals surface area contributed by atoms with Crippen molar-refractivity contribution >= 4 is 5.78 Å². The first-order valence-electron chi connectivity index (χ1n) is 5.34. The molecule has 0 bridgehead atoms. The second-order valence-electron chi connectivity index (χ2n) is 5.23. The van der Waals surface area contributed by atoms with Gasteiger partial charge in [0.05, 0.1) is 0 Å². The summed E-state index contributed by atoms with van der Waals surface area (Å²) in [6.07, 6.45) is 1.75. The molecule has 0 saturated carbocycles. The first-order valence-corrected chi connectivity index (χ1v) is 5.34. The average molecular weight is 208 g/mol. The fraction of sp³-hybridized carbons (Fsp3) is 0.615. The summed E-state index contributed by atoms with van der Waals surface area (Å²) in [4.78, 5) is 11.7. The van der Waals surface area contributed by atoms with Gasteiger partial charge in [-0.3, -0.25) is 4.79 Å². The van der Waals surface area contributed by atoms with Gasteiger partial charge in [-0.05, 0) is 43.8 Å².